The van der Waals surface area contributed by atoms with Crippen molar-refractivity contribution >= 4 is 53.1 Å². The van der Waals surface area contributed by atoms with Crippen LogP contribution in [-0.2, 0) is 25.5 Å². The number of piperidine rings is 1. The minimum absolute atomic E-state index is 0.0457. The maximum absolute atomic E-state index is 13.3. The molecular weight excluding hydrogens is 757 g/mol. The molecule has 0 aliphatic carbocycles. The summed E-state index contributed by atoms with van der Waals surface area (Å²) in [5, 5.41) is 9.51. The van der Waals surface area contributed by atoms with Crippen molar-refractivity contribution in [3.8, 4) is 11.8 Å². The number of aromatic nitrogens is 2. The molecule has 3 aliphatic heterocycles. The summed E-state index contributed by atoms with van der Waals surface area (Å²) in [6.45, 7) is 5.30. The average Bonchev–Trinajstić information content (AvgIpc) is 3.49. The normalized spacial score (nSPS) is 16.6. The summed E-state index contributed by atoms with van der Waals surface area (Å²) in [5.74, 6) is -0.892. The monoisotopic (exact) mass is 802 g/mol. The van der Waals surface area contributed by atoms with Crippen LogP contribution < -0.4 is 30.4 Å². The molecule has 1 aromatic heterocycles. The molecule has 0 bridgehead atoms. The molecule has 5 amide bonds. The zero-order valence-electron chi connectivity index (χ0n) is 32.8. The highest BCUT2D eigenvalue weighted by molar-refractivity contribution is 6.24. The third-order valence-electron chi connectivity index (χ3n) is 10.1. The number of fused-ring (bicyclic) bond motifs is 1. The fourth-order valence-electron chi connectivity index (χ4n) is 7.00. The van der Waals surface area contributed by atoms with Gasteiger partial charge in [-0.3, -0.25) is 39.6 Å². The molecule has 3 N–H and O–H groups in total. The number of hydrogen-bond donors (Lipinski definition) is 3. The zero-order chi connectivity index (χ0) is 41.1. The van der Waals surface area contributed by atoms with Gasteiger partial charge in [0.1, 0.15) is 17.6 Å². The van der Waals surface area contributed by atoms with Crippen LogP contribution in [-0.4, -0.2) is 96.2 Å². The first-order chi connectivity index (χ1) is 28.7. The van der Waals surface area contributed by atoms with E-state index in [1.165, 1.54) is 6.07 Å². The number of imide groups is 2. The minimum Gasteiger partial charge on any atom is -0.493 e. The first-order valence-electron chi connectivity index (χ1n) is 19.8. The van der Waals surface area contributed by atoms with E-state index in [2.05, 4.69) is 36.0 Å². The van der Waals surface area contributed by atoms with Crippen LogP contribution in [0.5, 0.6) is 11.8 Å². The van der Waals surface area contributed by atoms with Crippen LogP contribution in [0, 0.1) is 6.92 Å². The Morgan fingerprint density at radius 3 is 2.54 bits per heavy atom. The van der Waals surface area contributed by atoms with Crippen LogP contribution >= 0.6 is 0 Å². The van der Waals surface area contributed by atoms with Crippen molar-refractivity contribution < 1.29 is 38.2 Å². The topological polar surface area (TPSA) is 194 Å². The lowest BCUT2D eigenvalue weighted by molar-refractivity contribution is -0.136. The summed E-state index contributed by atoms with van der Waals surface area (Å²) in [4.78, 5) is 75.2. The fraction of sp³-hybridized carbons (Fsp3) is 0.349. The van der Waals surface area contributed by atoms with E-state index in [0.717, 1.165) is 27.4 Å². The van der Waals surface area contributed by atoms with E-state index < -0.39 is 29.7 Å². The maximum atomic E-state index is 13.3. The molecule has 59 heavy (non-hydrogen) atoms. The number of unbranched alkanes of at least 4 members (excludes halogenated alkanes) is 2. The predicted molar refractivity (Wildman–Crippen MR) is 219 cm³/mol. The van der Waals surface area contributed by atoms with Crippen molar-refractivity contribution in [1.29, 1.82) is 0 Å². The first kappa shape index (κ1) is 40.5. The Balaban J connectivity index is 0.829. The van der Waals surface area contributed by atoms with Crippen molar-refractivity contribution in [2.75, 3.05) is 55.2 Å². The van der Waals surface area contributed by atoms with Gasteiger partial charge in [0.05, 0.1) is 43.8 Å². The van der Waals surface area contributed by atoms with Crippen molar-refractivity contribution in [1.82, 2.24) is 20.2 Å². The largest absolute Gasteiger partial charge is 0.493 e. The lowest BCUT2D eigenvalue weighted by atomic mass is 10.0. The van der Waals surface area contributed by atoms with Gasteiger partial charge in [-0.15, -0.1) is 0 Å². The molecule has 3 aromatic carbocycles. The van der Waals surface area contributed by atoms with Crippen LogP contribution in [0.15, 0.2) is 77.9 Å². The van der Waals surface area contributed by atoms with Crippen molar-refractivity contribution in [2.45, 2.75) is 57.9 Å². The number of amides is 5. The summed E-state index contributed by atoms with van der Waals surface area (Å²) in [5.41, 5.74) is 7.12. The molecule has 16 heteroatoms. The number of hydrogen-bond acceptors (Lipinski definition) is 13. The minimum atomic E-state index is -1.04. The highest BCUT2D eigenvalue weighted by atomic mass is 16.5. The van der Waals surface area contributed by atoms with Gasteiger partial charge in [0, 0.05) is 44.1 Å². The first-order valence-corrected chi connectivity index (χ1v) is 19.8. The molecule has 4 aromatic rings. The Kier molecular flexibility index (Phi) is 13.2. The molecule has 306 valence electrons. The zero-order valence-corrected chi connectivity index (χ0v) is 32.8. The number of rotatable bonds is 17. The lowest BCUT2D eigenvalue weighted by Crippen LogP contribution is -2.54. The van der Waals surface area contributed by atoms with E-state index >= 15 is 0 Å². The molecule has 16 nitrogen and oxygen atoms in total. The standard InChI is InChI=1S/C43H46N8O8/c1-28-7-5-8-30(25-28)27-44-49-35-26-36(50-19-23-57-24-20-50)47-43(46-35)59-22-18-29-12-14-31(15-13-29)45-37(52)11-3-2-4-21-58-34-10-6-9-32-39(34)42(56)51(41(32)55)33-16-17-38(53)48-40(33)54/h5-10,12-15,25-27,33H,2-4,11,16-24H2,1H3,(H,45,52)(H,46,47,49)(H,48,53,54)/b44-27+. The quantitative estimate of drug-likeness (QED) is 0.0579. The van der Waals surface area contributed by atoms with Gasteiger partial charge in [0.2, 0.25) is 17.7 Å². The SMILES string of the molecule is Cc1cccc(/C=N/Nc2cc(N3CCOCC3)nc(OCCc3ccc(NC(=O)CCCCCOc4cccc5c4C(=O)N(C4CCC(=O)NC4=O)C5=O)cc3)n2)c1. The Labute approximate surface area is 341 Å². The Morgan fingerprint density at radius 1 is 0.932 bits per heavy atom. The molecule has 2 saturated heterocycles. The van der Waals surface area contributed by atoms with Gasteiger partial charge in [0.25, 0.3) is 11.8 Å². The van der Waals surface area contributed by atoms with Crippen molar-refractivity contribution in [3.05, 3.63) is 101 Å². The summed E-state index contributed by atoms with van der Waals surface area (Å²) in [6.07, 6.45) is 4.74. The Morgan fingerprint density at radius 2 is 1.75 bits per heavy atom. The van der Waals surface area contributed by atoms with Gasteiger partial charge in [-0.05, 0) is 68.0 Å². The van der Waals surface area contributed by atoms with Crippen molar-refractivity contribution in [3.63, 3.8) is 0 Å². The second-order valence-electron chi connectivity index (χ2n) is 14.4. The van der Waals surface area contributed by atoms with E-state index in [0.29, 0.717) is 76.5 Å². The molecular formula is C43H46N8O8. The summed E-state index contributed by atoms with van der Waals surface area (Å²) in [6, 6.07) is 21.4. The van der Waals surface area contributed by atoms with Gasteiger partial charge < -0.3 is 24.4 Å². The van der Waals surface area contributed by atoms with E-state index in [9.17, 15) is 24.0 Å². The Hall–Kier alpha value is -6.68. The molecule has 0 saturated carbocycles. The molecule has 2 fully saturated rings. The van der Waals surface area contributed by atoms with Crippen LogP contribution in [0.2, 0.25) is 0 Å². The number of hydrazone groups is 1. The molecule has 1 atom stereocenters. The number of carbonyl (C=O) groups is 5. The van der Waals surface area contributed by atoms with Crippen LogP contribution in [0.1, 0.15) is 75.9 Å². The summed E-state index contributed by atoms with van der Waals surface area (Å²) in [7, 11) is 0. The molecule has 3 aliphatic rings. The fourth-order valence-corrected chi connectivity index (χ4v) is 7.00. The highest BCUT2D eigenvalue weighted by Gasteiger charge is 2.46. The van der Waals surface area contributed by atoms with E-state index in [1.54, 1.807) is 18.3 Å². The number of morpholine rings is 1. The van der Waals surface area contributed by atoms with Gasteiger partial charge in [-0.1, -0.05) is 48.0 Å². The third-order valence-corrected chi connectivity index (χ3v) is 10.1. The summed E-state index contributed by atoms with van der Waals surface area (Å²) >= 11 is 0. The molecule has 1 unspecified atom stereocenters. The molecule has 4 heterocycles. The number of carbonyl (C=O) groups excluding carboxylic acids is 5. The second-order valence-corrected chi connectivity index (χ2v) is 14.4. The summed E-state index contributed by atoms with van der Waals surface area (Å²) < 4.78 is 17.4. The Bertz CT molecular complexity index is 2220. The second kappa shape index (κ2) is 19.2. The van der Waals surface area contributed by atoms with E-state index in [-0.39, 0.29) is 48.2 Å². The van der Waals surface area contributed by atoms with Gasteiger partial charge in [-0.25, -0.2) is 0 Å². The molecule has 0 radical (unpaired) electrons. The number of nitrogens with zero attached hydrogens (tertiary/aromatic N) is 5. The van der Waals surface area contributed by atoms with Crippen LogP contribution in [0.3, 0.4) is 0 Å². The number of ether oxygens (including phenoxy) is 3. The van der Waals surface area contributed by atoms with Crippen LogP contribution in [0.4, 0.5) is 17.3 Å². The number of benzene rings is 3. The van der Waals surface area contributed by atoms with E-state index in [1.807, 2.05) is 61.5 Å². The van der Waals surface area contributed by atoms with Gasteiger partial charge >= 0.3 is 6.01 Å². The lowest BCUT2D eigenvalue weighted by Gasteiger charge is -2.28. The predicted octanol–water partition coefficient (Wildman–Crippen LogP) is 4.67. The number of nitrogens with one attached hydrogen (secondary N) is 3. The maximum Gasteiger partial charge on any atom is 0.320 e. The van der Waals surface area contributed by atoms with Crippen LogP contribution in [0.25, 0.3) is 0 Å². The van der Waals surface area contributed by atoms with Gasteiger partial charge in [0.15, 0.2) is 5.82 Å². The molecule has 7 rings (SSSR count). The van der Waals surface area contributed by atoms with Gasteiger partial charge in [-0.2, -0.15) is 15.1 Å². The average molecular weight is 803 g/mol. The molecule has 0 spiro atoms. The number of anilines is 3. The smallest absolute Gasteiger partial charge is 0.320 e. The number of aryl methyl sites for hydroxylation is 1. The third kappa shape index (κ3) is 10.4. The van der Waals surface area contributed by atoms with Crippen molar-refractivity contribution in [2.24, 2.45) is 5.10 Å². The highest BCUT2D eigenvalue weighted by Crippen LogP contribution is 2.34. The van der Waals surface area contributed by atoms with E-state index in [4.69, 9.17) is 14.2 Å².